The number of hydrogen-bond acceptors (Lipinski definition) is 4. The molecule has 2 aromatic carbocycles. The van der Waals surface area contributed by atoms with Crippen LogP contribution in [0.15, 0.2) is 53.7 Å². The maximum Gasteiger partial charge on any atom is 0.220 e. The van der Waals surface area contributed by atoms with Gasteiger partial charge in [-0.15, -0.1) is 10.2 Å². The molecule has 1 atom stereocenters. The van der Waals surface area contributed by atoms with Gasteiger partial charge in [-0.05, 0) is 50.5 Å². The first-order valence-electron chi connectivity index (χ1n) is 9.98. The van der Waals surface area contributed by atoms with Crippen LogP contribution in [-0.2, 0) is 10.5 Å². The first kappa shape index (κ1) is 21.1. The highest BCUT2D eigenvalue weighted by molar-refractivity contribution is 7.98. The monoisotopic (exact) mass is 408 g/mol. The van der Waals surface area contributed by atoms with Gasteiger partial charge in [0, 0.05) is 17.9 Å². The zero-order valence-electron chi connectivity index (χ0n) is 17.5. The van der Waals surface area contributed by atoms with E-state index >= 15 is 0 Å². The van der Waals surface area contributed by atoms with Crippen LogP contribution in [-0.4, -0.2) is 20.7 Å². The van der Waals surface area contributed by atoms with Crippen LogP contribution in [0.1, 0.15) is 55.2 Å². The molecule has 6 heteroatoms. The summed E-state index contributed by atoms with van der Waals surface area (Å²) in [6.45, 7) is 8.15. The summed E-state index contributed by atoms with van der Waals surface area (Å²) in [7, 11) is 0. The van der Waals surface area contributed by atoms with E-state index in [4.69, 9.17) is 0 Å². The van der Waals surface area contributed by atoms with Gasteiger partial charge in [-0.25, -0.2) is 0 Å². The molecule has 3 rings (SSSR count). The molecule has 0 aliphatic heterocycles. The van der Waals surface area contributed by atoms with Crippen molar-refractivity contribution in [3.63, 3.8) is 0 Å². The third-order valence-corrected chi connectivity index (χ3v) is 5.79. The molecule has 1 aromatic heterocycles. The Morgan fingerprint density at radius 2 is 1.83 bits per heavy atom. The third-order valence-electron chi connectivity index (χ3n) is 4.81. The molecule has 1 N–H and O–H groups in total. The van der Waals surface area contributed by atoms with Crippen molar-refractivity contribution >= 4 is 17.7 Å². The lowest BCUT2D eigenvalue weighted by molar-refractivity contribution is -0.121. The smallest absolute Gasteiger partial charge is 0.220 e. The quantitative estimate of drug-likeness (QED) is 0.524. The van der Waals surface area contributed by atoms with Crippen LogP contribution in [0, 0.1) is 13.8 Å². The van der Waals surface area contributed by atoms with Crippen LogP contribution >= 0.6 is 11.8 Å². The molecule has 1 heterocycles. The average Bonchev–Trinajstić information content (AvgIpc) is 3.12. The van der Waals surface area contributed by atoms with E-state index in [2.05, 4.69) is 82.5 Å². The van der Waals surface area contributed by atoms with E-state index in [1.807, 2.05) is 13.8 Å². The van der Waals surface area contributed by atoms with Crippen molar-refractivity contribution in [2.24, 2.45) is 0 Å². The Balaban J connectivity index is 1.91. The highest BCUT2D eigenvalue weighted by Crippen LogP contribution is 2.28. The number of carbonyl (C=O) groups excluding carboxylic acids is 1. The van der Waals surface area contributed by atoms with Gasteiger partial charge < -0.3 is 5.32 Å². The van der Waals surface area contributed by atoms with Crippen LogP contribution in [0.2, 0.25) is 0 Å². The van der Waals surface area contributed by atoms with Gasteiger partial charge in [0.25, 0.3) is 0 Å². The summed E-state index contributed by atoms with van der Waals surface area (Å²) in [6.07, 6.45) is 1.33. The molecule has 0 spiro atoms. The minimum atomic E-state index is -0.226. The van der Waals surface area contributed by atoms with Crippen molar-refractivity contribution in [1.82, 2.24) is 20.1 Å². The van der Waals surface area contributed by atoms with Crippen LogP contribution in [0.3, 0.4) is 0 Å². The lowest BCUT2D eigenvalue weighted by atomic mass is 10.1. The number of nitrogens with zero attached hydrogens (tertiary/aromatic N) is 3. The summed E-state index contributed by atoms with van der Waals surface area (Å²) in [4.78, 5) is 12.1. The molecular weight excluding hydrogens is 380 g/mol. The average molecular weight is 409 g/mol. The molecule has 3 aromatic rings. The zero-order valence-corrected chi connectivity index (χ0v) is 18.3. The second kappa shape index (κ2) is 9.74. The largest absolute Gasteiger partial charge is 0.346 e. The van der Waals surface area contributed by atoms with Crippen LogP contribution < -0.4 is 5.32 Å². The van der Waals surface area contributed by atoms with E-state index in [0.29, 0.717) is 6.42 Å². The molecular formula is C23H28N4OS. The summed E-state index contributed by atoms with van der Waals surface area (Å²) in [5.41, 5.74) is 4.74. The first-order valence-corrected chi connectivity index (χ1v) is 11.0. The SMILES string of the molecule is CCCC(=O)NC(C)c1nnc(SCc2ccccc2C)n1-c1ccc(C)cc1. The maximum atomic E-state index is 12.1. The van der Waals surface area contributed by atoms with E-state index in [9.17, 15) is 4.79 Å². The molecule has 1 unspecified atom stereocenters. The van der Waals surface area contributed by atoms with Gasteiger partial charge in [0.2, 0.25) is 5.91 Å². The van der Waals surface area contributed by atoms with Gasteiger partial charge in [-0.3, -0.25) is 9.36 Å². The predicted octanol–water partition coefficient (Wildman–Crippen LogP) is 5.15. The Morgan fingerprint density at radius 1 is 1.10 bits per heavy atom. The standard InChI is InChI=1S/C23H28N4OS/c1-5-8-21(28)24-18(4)22-25-26-23(27(22)20-13-11-16(2)12-14-20)29-15-19-10-7-6-9-17(19)3/h6-7,9-14,18H,5,8,15H2,1-4H3,(H,24,28). The minimum Gasteiger partial charge on any atom is -0.346 e. The molecule has 0 aliphatic rings. The Bertz CT molecular complexity index is 965. The van der Waals surface area contributed by atoms with Gasteiger partial charge in [-0.2, -0.15) is 0 Å². The number of aryl methyl sites for hydroxylation is 2. The fourth-order valence-electron chi connectivity index (χ4n) is 3.11. The van der Waals surface area contributed by atoms with E-state index in [0.717, 1.165) is 28.8 Å². The molecule has 0 saturated heterocycles. The summed E-state index contributed by atoms with van der Waals surface area (Å²) >= 11 is 1.66. The van der Waals surface area contributed by atoms with Crippen molar-refractivity contribution in [1.29, 1.82) is 0 Å². The normalized spacial score (nSPS) is 12.0. The van der Waals surface area contributed by atoms with Crippen molar-refractivity contribution in [2.75, 3.05) is 0 Å². The predicted molar refractivity (Wildman–Crippen MR) is 118 cm³/mol. The lowest BCUT2D eigenvalue weighted by Gasteiger charge is -2.16. The highest BCUT2D eigenvalue weighted by Gasteiger charge is 2.21. The number of carbonyl (C=O) groups is 1. The first-order chi connectivity index (χ1) is 14.0. The van der Waals surface area contributed by atoms with E-state index in [1.54, 1.807) is 11.8 Å². The molecule has 0 aliphatic carbocycles. The van der Waals surface area contributed by atoms with Crippen LogP contribution in [0.4, 0.5) is 0 Å². The number of benzene rings is 2. The maximum absolute atomic E-state index is 12.1. The summed E-state index contributed by atoms with van der Waals surface area (Å²) < 4.78 is 2.05. The molecule has 1 amide bonds. The molecule has 0 bridgehead atoms. The molecule has 5 nitrogen and oxygen atoms in total. The van der Waals surface area contributed by atoms with Crippen molar-refractivity contribution < 1.29 is 4.79 Å². The fourth-order valence-corrected chi connectivity index (χ4v) is 4.15. The summed E-state index contributed by atoms with van der Waals surface area (Å²) in [5.74, 6) is 1.59. The topological polar surface area (TPSA) is 59.8 Å². The minimum absolute atomic E-state index is 0.0348. The summed E-state index contributed by atoms with van der Waals surface area (Å²) in [6, 6.07) is 16.4. The second-order valence-corrected chi connectivity index (χ2v) is 8.21. The molecule has 152 valence electrons. The van der Waals surface area contributed by atoms with Gasteiger partial charge >= 0.3 is 0 Å². The fraction of sp³-hybridized carbons (Fsp3) is 0.348. The Morgan fingerprint density at radius 3 is 2.52 bits per heavy atom. The number of amides is 1. The van der Waals surface area contributed by atoms with E-state index in [-0.39, 0.29) is 11.9 Å². The molecule has 0 radical (unpaired) electrons. The van der Waals surface area contributed by atoms with Gasteiger partial charge in [0.05, 0.1) is 6.04 Å². The van der Waals surface area contributed by atoms with Gasteiger partial charge in [-0.1, -0.05) is 60.6 Å². The van der Waals surface area contributed by atoms with Crippen LogP contribution in [0.25, 0.3) is 5.69 Å². The molecule has 0 fully saturated rings. The summed E-state index contributed by atoms with van der Waals surface area (Å²) in [5, 5.41) is 12.8. The molecule has 29 heavy (non-hydrogen) atoms. The lowest BCUT2D eigenvalue weighted by Crippen LogP contribution is -2.28. The van der Waals surface area contributed by atoms with Crippen molar-refractivity contribution in [3.8, 4) is 5.69 Å². The van der Waals surface area contributed by atoms with E-state index in [1.165, 1.54) is 16.7 Å². The van der Waals surface area contributed by atoms with Crippen molar-refractivity contribution in [3.05, 3.63) is 71.0 Å². The number of aromatic nitrogens is 3. The van der Waals surface area contributed by atoms with Gasteiger partial charge in [0.15, 0.2) is 11.0 Å². The Labute approximate surface area is 176 Å². The van der Waals surface area contributed by atoms with Crippen molar-refractivity contribution in [2.45, 2.75) is 57.5 Å². The number of rotatable bonds is 8. The zero-order chi connectivity index (χ0) is 20.8. The highest BCUT2D eigenvalue weighted by atomic mass is 32.2. The molecule has 0 saturated carbocycles. The Kier molecular flexibility index (Phi) is 7.09. The number of nitrogens with one attached hydrogen (secondary N) is 1. The third kappa shape index (κ3) is 5.26. The number of hydrogen-bond donors (Lipinski definition) is 1. The van der Waals surface area contributed by atoms with E-state index < -0.39 is 0 Å². The number of thioether (sulfide) groups is 1. The van der Waals surface area contributed by atoms with Crippen LogP contribution in [0.5, 0.6) is 0 Å². The Hall–Kier alpha value is -2.60. The van der Waals surface area contributed by atoms with Gasteiger partial charge in [0.1, 0.15) is 0 Å². The second-order valence-electron chi connectivity index (χ2n) is 7.27.